The molecule has 0 aliphatic heterocycles. The summed E-state index contributed by atoms with van der Waals surface area (Å²) in [5.74, 6) is -0.530. The number of hydrogen-bond donors (Lipinski definition) is 2. The van der Waals surface area contributed by atoms with Crippen LogP contribution in [0.1, 0.15) is 49.9 Å². The van der Waals surface area contributed by atoms with Crippen LogP contribution in [0.4, 0.5) is 4.39 Å². The SMILES string of the molecule is Cc1ccc(-c2ccc(S(=O)(=O)N[C@H]3CC[C@H](C(=O)N[C@H](C)c4ccc(F)cc4)CC3)cc2)cn1. The number of nitrogens with zero attached hydrogens (tertiary/aromatic N) is 1. The van der Waals surface area contributed by atoms with Gasteiger partial charge in [0.25, 0.3) is 0 Å². The van der Waals surface area contributed by atoms with Crippen LogP contribution in [0.3, 0.4) is 0 Å². The molecule has 1 atom stereocenters. The molecule has 1 amide bonds. The van der Waals surface area contributed by atoms with Crippen molar-refractivity contribution in [2.24, 2.45) is 5.92 Å². The Labute approximate surface area is 206 Å². The molecule has 2 aromatic carbocycles. The molecular weight excluding hydrogens is 465 g/mol. The van der Waals surface area contributed by atoms with Gasteiger partial charge in [0.2, 0.25) is 15.9 Å². The van der Waals surface area contributed by atoms with Crippen molar-refractivity contribution in [2.45, 2.75) is 56.5 Å². The smallest absolute Gasteiger partial charge is 0.240 e. The zero-order chi connectivity index (χ0) is 25.0. The van der Waals surface area contributed by atoms with Gasteiger partial charge < -0.3 is 5.32 Å². The molecule has 0 unspecified atom stereocenters. The van der Waals surface area contributed by atoms with Crippen LogP contribution in [0, 0.1) is 18.7 Å². The molecule has 6 nitrogen and oxygen atoms in total. The molecular formula is C27H30FN3O3S. The number of halogens is 1. The van der Waals surface area contributed by atoms with E-state index in [0.717, 1.165) is 22.4 Å². The van der Waals surface area contributed by atoms with Gasteiger partial charge in [-0.25, -0.2) is 17.5 Å². The normalized spacial score (nSPS) is 19.2. The highest BCUT2D eigenvalue weighted by atomic mass is 32.2. The Kier molecular flexibility index (Phi) is 7.62. The maximum absolute atomic E-state index is 13.1. The number of pyridine rings is 1. The van der Waals surface area contributed by atoms with Crippen LogP contribution >= 0.6 is 0 Å². The minimum atomic E-state index is -3.66. The van der Waals surface area contributed by atoms with E-state index in [1.165, 1.54) is 12.1 Å². The summed E-state index contributed by atoms with van der Waals surface area (Å²) in [5, 5.41) is 2.99. The highest BCUT2D eigenvalue weighted by Gasteiger charge is 2.29. The van der Waals surface area contributed by atoms with Gasteiger partial charge >= 0.3 is 0 Å². The van der Waals surface area contributed by atoms with Crippen molar-refractivity contribution in [3.63, 3.8) is 0 Å². The lowest BCUT2D eigenvalue weighted by atomic mass is 9.85. The first-order chi connectivity index (χ1) is 16.7. The van der Waals surface area contributed by atoms with Crippen LogP contribution in [0.15, 0.2) is 71.8 Å². The predicted molar refractivity (Wildman–Crippen MR) is 133 cm³/mol. The van der Waals surface area contributed by atoms with Crippen molar-refractivity contribution in [1.82, 2.24) is 15.0 Å². The summed E-state index contributed by atoms with van der Waals surface area (Å²) in [7, 11) is -3.66. The van der Waals surface area contributed by atoms with Gasteiger partial charge in [-0.15, -0.1) is 0 Å². The Morgan fingerprint density at radius 1 is 0.943 bits per heavy atom. The zero-order valence-electron chi connectivity index (χ0n) is 19.9. The Hall–Kier alpha value is -3.10. The van der Waals surface area contributed by atoms with Crippen molar-refractivity contribution in [3.05, 3.63) is 83.9 Å². The second kappa shape index (κ2) is 10.7. The third-order valence-electron chi connectivity index (χ3n) is 6.56. The average Bonchev–Trinajstić information content (AvgIpc) is 2.85. The molecule has 35 heavy (non-hydrogen) atoms. The minimum absolute atomic E-state index is 0.0516. The van der Waals surface area contributed by atoms with E-state index in [1.807, 2.05) is 26.0 Å². The van der Waals surface area contributed by atoms with Gasteiger partial charge in [-0.2, -0.15) is 0 Å². The topological polar surface area (TPSA) is 88.2 Å². The van der Waals surface area contributed by atoms with Crippen LogP contribution in [0.25, 0.3) is 11.1 Å². The van der Waals surface area contributed by atoms with Gasteiger partial charge in [0.05, 0.1) is 10.9 Å². The third-order valence-corrected chi connectivity index (χ3v) is 8.09. The largest absolute Gasteiger partial charge is 0.349 e. The zero-order valence-corrected chi connectivity index (χ0v) is 20.7. The van der Waals surface area contributed by atoms with Gasteiger partial charge in [-0.05, 0) is 81.0 Å². The van der Waals surface area contributed by atoms with E-state index in [2.05, 4.69) is 15.0 Å². The van der Waals surface area contributed by atoms with Crippen molar-refractivity contribution < 1.29 is 17.6 Å². The van der Waals surface area contributed by atoms with Crippen LogP contribution in [-0.4, -0.2) is 25.4 Å². The first-order valence-corrected chi connectivity index (χ1v) is 13.3. The first-order valence-electron chi connectivity index (χ1n) is 11.8. The Bertz CT molecular complexity index is 1250. The maximum Gasteiger partial charge on any atom is 0.240 e. The summed E-state index contributed by atoms with van der Waals surface area (Å²) in [6, 6.07) is 16.3. The van der Waals surface area contributed by atoms with E-state index >= 15 is 0 Å². The van der Waals surface area contributed by atoms with Crippen LogP contribution in [0.2, 0.25) is 0 Å². The Morgan fingerprint density at radius 2 is 1.57 bits per heavy atom. The summed E-state index contributed by atoms with van der Waals surface area (Å²) in [5.41, 5.74) is 3.59. The fraction of sp³-hybridized carbons (Fsp3) is 0.333. The third kappa shape index (κ3) is 6.32. The molecule has 4 rings (SSSR count). The number of rotatable bonds is 7. The molecule has 0 saturated heterocycles. The molecule has 1 aliphatic rings. The quantitative estimate of drug-likeness (QED) is 0.488. The molecule has 0 spiro atoms. The number of aromatic nitrogens is 1. The van der Waals surface area contributed by atoms with E-state index in [4.69, 9.17) is 0 Å². The molecule has 3 aromatic rings. The van der Waals surface area contributed by atoms with Crippen molar-refractivity contribution in [3.8, 4) is 11.1 Å². The lowest BCUT2D eigenvalue weighted by molar-refractivity contribution is -0.126. The summed E-state index contributed by atoms with van der Waals surface area (Å²) in [6.07, 6.45) is 4.17. The molecule has 0 bridgehead atoms. The van der Waals surface area contributed by atoms with Gasteiger partial charge in [-0.3, -0.25) is 9.78 Å². The van der Waals surface area contributed by atoms with E-state index in [1.54, 1.807) is 42.6 Å². The standard InChI is InChI=1S/C27H30FN3O3S/c1-18-3-4-23(17-29-18)21-9-15-26(16-10-21)35(33,34)31-25-13-7-22(8-14-25)27(32)30-19(2)20-5-11-24(28)12-6-20/h3-6,9-12,15-17,19,22,25,31H,7-8,13-14H2,1-2H3,(H,30,32)/t19-,22-,25-/m1/s1. The van der Waals surface area contributed by atoms with E-state index in [-0.39, 0.29) is 34.6 Å². The van der Waals surface area contributed by atoms with Crippen molar-refractivity contribution in [1.29, 1.82) is 0 Å². The fourth-order valence-electron chi connectivity index (χ4n) is 4.39. The molecule has 184 valence electrons. The lowest BCUT2D eigenvalue weighted by Gasteiger charge is -2.29. The first kappa shape index (κ1) is 25.0. The van der Waals surface area contributed by atoms with E-state index < -0.39 is 10.0 Å². The molecule has 1 aliphatic carbocycles. The van der Waals surface area contributed by atoms with E-state index in [0.29, 0.717) is 25.7 Å². The Morgan fingerprint density at radius 3 is 2.17 bits per heavy atom. The number of carbonyl (C=O) groups is 1. The van der Waals surface area contributed by atoms with Gasteiger partial charge in [0.15, 0.2) is 0 Å². The molecule has 1 fully saturated rings. The highest BCUT2D eigenvalue weighted by molar-refractivity contribution is 7.89. The van der Waals surface area contributed by atoms with Crippen molar-refractivity contribution >= 4 is 15.9 Å². The lowest BCUT2D eigenvalue weighted by Crippen LogP contribution is -2.41. The van der Waals surface area contributed by atoms with Gasteiger partial charge in [-0.1, -0.05) is 30.3 Å². The predicted octanol–water partition coefficient (Wildman–Crippen LogP) is 4.91. The molecule has 1 saturated carbocycles. The number of sulfonamides is 1. The van der Waals surface area contributed by atoms with E-state index in [9.17, 15) is 17.6 Å². The summed E-state index contributed by atoms with van der Waals surface area (Å²) in [6.45, 7) is 3.78. The number of carbonyl (C=O) groups excluding carboxylic acids is 1. The maximum atomic E-state index is 13.1. The monoisotopic (exact) mass is 495 g/mol. The molecule has 0 radical (unpaired) electrons. The minimum Gasteiger partial charge on any atom is -0.349 e. The highest BCUT2D eigenvalue weighted by Crippen LogP contribution is 2.27. The molecule has 1 aromatic heterocycles. The summed E-state index contributed by atoms with van der Waals surface area (Å²) >= 11 is 0. The average molecular weight is 496 g/mol. The Balaban J connectivity index is 1.30. The molecule has 2 N–H and O–H groups in total. The van der Waals surface area contributed by atoms with Crippen molar-refractivity contribution in [2.75, 3.05) is 0 Å². The number of nitrogens with one attached hydrogen (secondary N) is 2. The summed E-state index contributed by atoms with van der Waals surface area (Å²) < 4.78 is 41.7. The second-order valence-corrected chi connectivity index (χ2v) is 10.9. The number of aryl methyl sites for hydroxylation is 1. The van der Waals surface area contributed by atoms with Crippen LogP contribution in [-0.2, 0) is 14.8 Å². The van der Waals surface area contributed by atoms with Gasteiger partial charge in [0.1, 0.15) is 5.82 Å². The summed E-state index contributed by atoms with van der Waals surface area (Å²) in [4.78, 5) is 17.2. The number of amides is 1. The number of benzene rings is 2. The van der Waals surface area contributed by atoms with Crippen LogP contribution in [0.5, 0.6) is 0 Å². The second-order valence-electron chi connectivity index (χ2n) is 9.16. The molecule has 1 heterocycles. The van der Waals surface area contributed by atoms with Crippen LogP contribution < -0.4 is 10.0 Å². The number of hydrogen-bond acceptors (Lipinski definition) is 4. The molecule has 8 heteroatoms. The van der Waals surface area contributed by atoms with Gasteiger partial charge in [0, 0.05) is 29.4 Å². The fourth-order valence-corrected chi connectivity index (χ4v) is 5.70.